The maximum absolute atomic E-state index is 12.9. The van der Waals surface area contributed by atoms with E-state index in [9.17, 15) is 4.39 Å². The Morgan fingerprint density at radius 2 is 2.00 bits per heavy atom. The molecule has 1 nitrogen and oxygen atoms in total. The third-order valence-corrected chi connectivity index (χ3v) is 2.09. The van der Waals surface area contributed by atoms with Crippen LogP contribution in [0.15, 0.2) is 12.1 Å². The van der Waals surface area contributed by atoms with E-state index < -0.39 is 11.9 Å². The zero-order chi connectivity index (χ0) is 9.30. The molecule has 0 heterocycles. The largest absolute Gasteiger partial charge is 0.389 e. The molecule has 0 saturated carbocycles. The zero-order valence-electron chi connectivity index (χ0n) is 6.31. The highest BCUT2D eigenvalue weighted by molar-refractivity contribution is 6.33. The van der Waals surface area contributed by atoms with Gasteiger partial charge in [-0.2, -0.15) is 0 Å². The highest BCUT2D eigenvalue weighted by atomic mass is 35.5. The van der Waals surface area contributed by atoms with Crippen molar-refractivity contribution in [3.05, 3.63) is 33.6 Å². The number of aliphatic hydroxyl groups excluding tert-OH is 1. The Balaban J connectivity index is 3.28. The van der Waals surface area contributed by atoms with Crippen LogP contribution >= 0.6 is 23.2 Å². The molecule has 0 saturated heterocycles. The van der Waals surface area contributed by atoms with E-state index in [2.05, 4.69) is 0 Å². The molecule has 0 fully saturated rings. The molecule has 1 aromatic rings. The van der Waals surface area contributed by atoms with Crippen molar-refractivity contribution >= 4 is 23.2 Å². The minimum Gasteiger partial charge on any atom is -0.389 e. The number of aliphatic hydroxyl groups is 1. The molecule has 0 aliphatic heterocycles. The third-order valence-electron chi connectivity index (χ3n) is 1.47. The van der Waals surface area contributed by atoms with Gasteiger partial charge < -0.3 is 5.11 Å². The lowest BCUT2D eigenvalue weighted by atomic mass is 10.1. The van der Waals surface area contributed by atoms with Gasteiger partial charge in [-0.25, -0.2) is 4.39 Å². The first-order valence-corrected chi connectivity index (χ1v) is 4.10. The minimum absolute atomic E-state index is 0.0746. The average Bonchev–Trinajstić information content (AvgIpc) is 1.96. The lowest BCUT2D eigenvalue weighted by molar-refractivity contribution is 0.199. The summed E-state index contributed by atoms with van der Waals surface area (Å²) >= 11 is 11.1. The van der Waals surface area contributed by atoms with E-state index in [1.54, 1.807) is 0 Å². The van der Waals surface area contributed by atoms with Crippen molar-refractivity contribution in [1.82, 2.24) is 0 Å². The number of hydrogen-bond donors (Lipinski definition) is 1. The standard InChI is InChI=1S/C8H7Cl2FO/c1-4(12)6-2-5(9)3-7(11)8(6)10/h2-4,12H,1H3. The summed E-state index contributed by atoms with van der Waals surface area (Å²) < 4.78 is 12.9. The molecule has 1 rings (SSSR count). The van der Waals surface area contributed by atoms with Crippen LogP contribution in [0.2, 0.25) is 10.0 Å². The summed E-state index contributed by atoms with van der Waals surface area (Å²) in [5.74, 6) is -0.611. The van der Waals surface area contributed by atoms with Crippen molar-refractivity contribution in [2.75, 3.05) is 0 Å². The first kappa shape index (κ1) is 9.78. The van der Waals surface area contributed by atoms with Gasteiger partial charge in [0.05, 0.1) is 11.1 Å². The minimum atomic E-state index is -0.814. The quantitative estimate of drug-likeness (QED) is 0.704. The number of hydrogen-bond acceptors (Lipinski definition) is 1. The summed E-state index contributed by atoms with van der Waals surface area (Å²) in [6, 6.07) is 2.55. The fourth-order valence-electron chi connectivity index (χ4n) is 0.880. The van der Waals surface area contributed by atoms with Gasteiger partial charge >= 0.3 is 0 Å². The highest BCUT2D eigenvalue weighted by Gasteiger charge is 2.11. The molecular weight excluding hydrogens is 202 g/mol. The normalized spacial score (nSPS) is 13.1. The van der Waals surface area contributed by atoms with Crippen molar-refractivity contribution in [2.24, 2.45) is 0 Å². The molecule has 0 aliphatic carbocycles. The van der Waals surface area contributed by atoms with Crippen molar-refractivity contribution < 1.29 is 9.50 Å². The van der Waals surface area contributed by atoms with Crippen molar-refractivity contribution in [3.8, 4) is 0 Å². The molecule has 12 heavy (non-hydrogen) atoms. The topological polar surface area (TPSA) is 20.2 Å². The molecule has 0 amide bonds. The molecule has 0 radical (unpaired) electrons. The van der Waals surface area contributed by atoms with E-state index >= 15 is 0 Å². The second-order valence-corrected chi connectivity index (χ2v) is 3.28. The zero-order valence-corrected chi connectivity index (χ0v) is 7.83. The molecule has 1 atom stereocenters. The van der Waals surface area contributed by atoms with Gasteiger partial charge in [-0.15, -0.1) is 0 Å². The summed E-state index contributed by atoms with van der Waals surface area (Å²) in [4.78, 5) is 0. The maximum atomic E-state index is 12.9. The van der Waals surface area contributed by atoms with E-state index in [-0.39, 0.29) is 10.0 Å². The van der Waals surface area contributed by atoms with Crippen LogP contribution in [0.1, 0.15) is 18.6 Å². The molecule has 0 aromatic heterocycles. The van der Waals surface area contributed by atoms with E-state index in [1.165, 1.54) is 13.0 Å². The molecule has 0 aliphatic rings. The van der Waals surface area contributed by atoms with Crippen LogP contribution in [-0.2, 0) is 0 Å². The second kappa shape index (κ2) is 3.60. The average molecular weight is 209 g/mol. The third kappa shape index (κ3) is 1.89. The Labute approximate surface area is 79.7 Å². The van der Waals surface area contributed by atoms with Crippen LogP contribution in [-0.4, -0.2) is 5.11 Å². The van der Waals surface area contributed by atoms with Crippen LogP contribution < -0.4 is 0 Å². The van der Waals surface area contributed by atoms with E-state index in [0.29, 0.717) is 5.56 Å². The maximum Gasteiger partial charge on any atom is 0.143 e. The van der Waals surface area contributed by atoms with Gasteiger partial charge in [-0.1, -0.05) is 23.2 Å². The van der Waals surface area contributed by atoms with Crippen LogP contribution in [0.5, 0.6) is 0 Å². The number of rotatable bonds is 1. The predicted molar refractivity (Wildman–Crippen MR) is 47.1 cm³/mol. The van der Waals surface area contributed by atoms with E-state index in [4.69, 9.17) is 28.3 Å². The molecule has 0 spiro atoms. The Hall–Kier alpha value is -0.310. The van der Waals surface area contributed by atoms with Crippen molar-refractivity contribution in [3.63, 3.8) is 0 Å². The monoisotopic (exact) mass is 208 g/mol. The highest BCUT2D eigenvalue weighted by Crippen LogP contribution is 2.28. The van der Waals surface area contributed by atoms with Crippen LogP contribution in [0.3, 0.4) is 0 Å². The van der Waals surface area contributed by atoms with E-state index in [0.717, 1.165) is 6.07 Å². The van der Waals surface area contributed by atoms with Crippen molar-refractivity contribution in [1.29, 1.82) is 0 Å². The fraction of sp³-hybridized carbons (Fsp3) is 0.250. The second-order valence-electron chi connectivity index (χ2n) is 2.47. The Bertz CT molecular complexity index is 299. The Kier molecular flexibility index (Phi) is 2.94. The Morgan fingerprint density at radius 1 is 1.42 bits per heavy atom. The van der Waals surface area contributed by atoms with Gasteiger partial charge in [-0.05, 0) is 19.1 Å². The van der Waals surface area contributed by atoms with Gasteiger partial charge in [0.25, 0.3) is 0 Å². The summed E-state index contributed by atoms with van der Waals surface area (Å²) in [5.41, 5.74) is 0.307. The van der Waals surface area contributed by atoms with Crippen LogP contribution in [0, 0.1) is 5.82 Å². The molecule has 1 aromatic carbocycles. The van der Waals surface area contributed by atoms with E-state index in [1.807, 2.05) is 0 Å². The summed E-state index contributed by atoms with van der Waals surface area (Å²) in [6.07, 6.45) is -0.814. The lowest BCUT2D eigenvalue weighted by Gasteiger charge is -2.07. The number of benzene rings is 1. The molecule has 0 bridgehead atoms. The molecular formula is C8H7Cl2FO. The first-order valence-electron chi connectivity index (χ1n) is 3.35. The summed E-state index contributed by atoms with van der Waals surface area (Å²) in [5, 5.41) is 9.30. The molecule has 1 N–H and O–H groups in total. The van der Waals surface area contributed by atoms with Gasteiger partial charge in [-0.3, -0.25) is 0 Å². The van der Waals surface area contributed by atoms with Crippen molar-refractivity contribution in [2.45, 2.75) is 13.0 Å². The van der Waals surface area contributed by atoms with Crippen LogP contribution in [0.4, 0.5) is 4.39 Å². The summed E-state index contributed by atoms with van der Waals surface area (Å²) in [7, 11) is 0. The van der Waals surface area contributed by atoms with Gasteiger partial charge in [0.15, 0.2) is 0 Å². The Morgan fingerprint density at radius 3 is 2.50 bits per heavy atom. The smallest absolute Gasteiger partial charge is 0.143 e. The summed E-state index contributed by atoms with van der Waals surface area (Å²) in [6.45, 7) is 1.50. The van der Waals surface area contributed by atoms with Crippen LogP contribution in [0.25, 0.3) is 0 Å². The molecule has 1 unspecified atom stereocenters. The molecule has 66 valence electrons. The fourth-order valence-corrected chi connectivity index (χ4v) is 1.36. The van der Waals surface area contributed by atoms with Gasteiger partial charge in [0.2, 0.25) is 0 Å². The number of halogens is 3. The SMILES string of the molecule is CC(O)c1cc(Cl)cc(F)c1Cl. The predicted octanol–water partition coefficient (Wildman–Crippen LogP) is 3.19. The van der Waals surface area contributed by atoms with Gasteiger partial charge in [0, 0.05) is 10.6 Å². The molecule has 4 heteroatoms. The van der Waals surface area contributed by atoms with Gasteiger partial charge in [0.1, 0.15) is 5.82 Å². The first-order chi connectivity index (χ1) is 5.52. The lowest BCUT2D eigenvalue weighted by Crippen LogP contribution is -1.94.